The molecule has 3 aromatic rings. The number of thiophene rings is 1. The zero-order valence-electron chi connectivity index (χ0n) is 14.3. The molecule has 1 amide bonds. The molecule has 0 bridgehead atoms. The highest BCUT2D eigenvalue weighted by molar-refractivity contribution is 7.14. The number of carboxylic acids is 1. The molecule has 0 fully saturated rings. The first-order valence-corrected chi connectivity index (χ1v) is 10.2. The van der Waals surface area contributed by atoms with E-state index in [4.69, 9.17) is 34.8 Å². The van der Waals surface area contributed by atoms with E-state index in [2.05, 4.69) is 5.32 Å². The molecule has 1 atom stereocenters. The van der Waals surface area contributed by atoms with Crippen LogP contribution in [0.1, 0.15) is 15.9 Å². The molecule has 0 aliphatic heterocycles. The Kier molecular flexibility index (Phi) is 6.62. The lowest BCUT2D eigenvalue weighted by Gasteiger charge is -2.12. The van der Waals surface area contributed by atoms with Crippen LogP contribution in [-0.2, 0) is 11.2 Å². The summed E-state index contributed by atoms with van der Waals surface area (Å²) in [6, 6.07) is 13.9. The topological polar surface area (TPSA) is 66.4 Å². The smallest absolute Gasteiger partial charge is 0.339 e. The van der Waals surface area contributed by atoms with E-state index < -0.39 is 17.3 Å². The molecule has 0 saturated carbocycles. The summed E-state index contributed by atoms with van der Waals surface area (Å²) in [4.78, 5) is 24.8. The Hall–Kier alpha value is -2.05. The average Bonchev–Trinajstić information content (AvgIpc) is 3.08. The van der Waals surface area contributed by atoms with Crippen molar-refractivity contribution in [3.05, 3.63) is 75.1 Å². The third-order valence-corrected chi connectivity index (χ3v) is 6.01. The molecule has 144 valence electrons. The SMILES string of the molecule is O=C(O)c1c(NC(=O)C(Cl)Cc2ccccc2Cl)csc1-c1ccc(Cl)cc1. The van der Waals surface area contributed by atoms with Crippen LogP contribution >= 0.6 is 46.1 Å². The number of nitrogens with one attached hydrogen (secondary N) is 1. The number of anilines is 1. The Bertz CT molecular complexity index is 1020. The van der Waals surface area contributed by atoms with Crippen LogP contribution in [0.15, 0.2) is 53.9 Å². The second-order valence-electron chi connectivity index (χ2n) is 5.92. The zero-order valence-corrected chi connectivity index (χ0v) is 17.4. The summed E-state index contributed by atoms with van der Waals surface area (Å²) in [5.41, 5.74) is 1.66. The van der Waals surface area contributed by atoms with E-state index in [-0.39, 0.29) is 17.7 Å². The Balaban J connectivity index is 1.82. The number of hydrogen-bond acceptors (Lipinski definition) is 3. The first kappa shape index (κ1) is 20.7. The standard InChI is InChI=1S/C20H14Cl3NO3S/c21-13-7-5-11(6-8-13)18-17(20(26)27)16(10-28-18)24-19(25)15(23)9-12-3-1-2-4-14(12)22/h1-8,10,15H,9H2,(H,24,25)(H,26,27). The van der Waals surface area contributed by atoms with Crippen molar-refractivity contribution < 1.29 is 14.7 Å². The summed E-state index contributed by atoms with van der Waals surface area (Å²) >= 11 is 19.5. The fourth-order valence-corrected chi connectivity index (χ4v) is 4.20. The van der Waals surface area contributed by atoms with E-state index in [1.54, 1.807) is 47.8 Å². The second-order valence-corrected chi connectivity index (χ2v) is 8.17. The lowest BCUT2D eigenvalue weighted by atomic mass is 10.1. The molecule has 3 rings (SSSR count). The fraction of sp³-hybridized carbons (Fsp3) is 0.100. The number of halogens is 3. The minimum atomic E-state index is -1.14. The van der Waals surface area contributed by atoms with Crippen molar-refractivity contribution in [2.75, 3.05) is 5.32 Å². The van der Waals surface area contributed by atoms with Crippen LogP contribution in [0.3, 0.4) is 0 Å². The van der Waals surface area contributed by atoms with Crippen molar-refractivity contribution >= 4 is 63.7 Å². The highest BCUT2D eigenvalue weighted by Crippen LogP contribution is 2.36. The number of carboxylic acid groups (broad SMARTS) is 1. The van der Waals surface area contributed by atoms with Gasteiger partial charge < -0.3 is 10.4 Å². The number of benzene rings is 2. The molecule has 0 aliphatic carbocycles. The molecule has 1 unspecified atom stereocenters. The molecule has 0 aliphatic rings. The van der Waals surface area contributed by atoms with Crippen molar-refractivity contribution in [2.45, 2.75) is 11.8 Å². The van der Waals surface area contributed by atoms with Crippen molar-refractivity contribution in [3.63, 3.8) is 0 Å². The molecular formula is C20H14Cl3NO3S. The van der Waals surface area contributed by atoms with Crippen LogP contribution in [0.5, 0.6) is 0 Å². The van der Waals surface area contributed by atoms with Gasteiger partial charge >= 0.3 is 5.97 Å². The summed E-state index contributed by atoms with van der Waals surface area (Å²) in [6.07, 6.45) is 0.226. The van der Waals surface area contributed by atoms with Gasteiger partial charge in [-0.15, -0.1) is 22.9 Å². The highest BCUT2D eigenvalue weighted by atomic mass is 35.5. The molecule has 0 radical (unpaired) electrons. The molecule has 0 spiro atoms. The summed E-state index contributed by atoms with van der Waals surface area (Å²) in [5, 5.41) is 14.0. The predicted molar refractivity (Wildman–Crippen MR) is 115 cm³/mol. The van der Waals surface area contributed by atoms with Gasteiger partial charge in [0.15, 0.2) is 0 Å². The number of carbonyl (C=O) groups excluding carboxylic acids is 1. The third-order valence-electron chi connectivity index (χ3n) is 4.01. The molecule has 2 N–H and O–H groups in total. The Labute approximate surface area is 180 Å². The molecular weight excluding hydrogens is 441 g/mol. The maximum atomic E-state index is 12.5. The lowest BCUT2D eigenvalue weighted by molar-refractivity contribution is -0.115. The van der Waals surface area contributed by atoms with Crippen LogP contribution in [-0.4, -0.2) is 22.4 Å². The van der Waals surface area contributed by atoms with E-state index in [0.29, 0.717) is 20.5 Å². The molecule has 2 aromatic carbocycles. The highest BCUT2D eigenvalue weighted by Gasteiger charge is 2.24. The van der Waals surface area contributed by atoms with E-state index >= 15 is 0 Å². The average molecular weight is 455 g/mol. The van der Waals surface area contributed by atoms with Crippen LogP contribution in [0.25, 0.3) is 10.4 Å². The fourth-order valence-electron chi connectivity index (χ4n) is 2.64. The van der Waals surface area contributed by atoms with Gasteiger partial charge in [-0.3, -0.25) is 4.79 Å². The van der Waals surface area contributed by atoms with Gasteiger partial charge in [0.05, 0.1) is 10.6 Å². The summed E-state index contributed by atoms with van der Waals surface area (Å²) in [5.74, 6) is -1.64. The quantitative estimate of drug-likeness (QED) is 0.435. The lowest BCUT2D eigenvalue weighted by Crippen LogP contribution is -2.25. The maximum Gasteiger partial charge on any atom is 0.339 e. The molecule has 28 heavy (non-hydrogen) atoms. The van der Waals surface area contributed by atoms with Crippen LogP contribution in [0.2, 0.25) is 10.0 Å². The van der Waals surface area contributed by atoms with Gasteiger partial charge in [0.2, 0.25) is 5.91 Å². The molecule has 8 heteroatoms. The molecule has 1 aromatic heterocycles. The van der Waals surface area contributed by atoms with E-state index in [1.165, 1.54) is 11.3 Å². The van der Waals surface area contributed by atoms with Gasteiger partial charge in [-0.2, -0.15) is 0 Å². The van der Waals surface area contributed by atoms with Crippen LogP contribution in [0.4, 0.5) is 5.69 Å². The summed E-state index contributed by atoms with van der Waals surface area (Å²) in [6.45, 7) is 0. The van der Waals surface area contributed by atoms with E-state index in [1.807, 2.05) is 6.07 Å². The normalized spacial score (nSPS) is 11.8. The number of hydrogen-bond donors (Lipinski definition) is 2. The van der Waals surface area contributed by atoms with E-state index in [0.717, 1.165) is 5.56 Å². The van der Waals surface area contributed by atoms with Crippen molar-refractivity contribution in [1.29, 1.82) is 0 Å². The largest absolute Gasteiger partial charge is 0.478 e. The van der Waals surface area contributed by atoms with Gasteiger partial charge in [-0.05, 0) is 35.7 Å². The molecule has 1 heterocycles. The summed E-state index contributed by atoms with van der Waals surface area (Å²) in [7, 11) is 0. The van der Waals surface area contributed by atoms with Crippen molar-refractivity contribution in [1.82, 2.24) is 0 Å². The van der Waals surface area contributed by atoms with Gasteiger partial charge in [0.1, 0.15) is 10.9 Å². The Morgan fingerprint density at radius 3 is 2.39 bits per heavy atom. The van der Waals surface area contributed by atoms with Gasteiger partial charge in [-0.1, -0.05) is 53.5 Å². The van der Waals surface area contributed by atoms with Gasteiger partial charge in [0.25, 0.3) is 0 Å². The first-order valence-electron chi connectivity index (χ1n) is 8.16. The Morgan fingerprint density at radius 1 is 1.07 bits per heavy atom. The molecule has 0 saturated heterocycles. The van der Waals surface area contributed by atoms with Crippen molar-refractivity contribution in [2.24, 2.45) is 0 Å². The number of amides is 1. The number of alkyl halides is 1. The predicted octanol–water partition coefficient (Wildman–Crippen LogP) is 6.21. The van der Waals surface area contributed by atoms with Crippen LogP contribution in [0, 0.1) is 0 Å². The Morgan fingerprint density at radius 2 is 1.75 bits per heavy atom. The zero-order chi connectivity index (χ0) is 20.3. The van der Waals surface area contributed by atoms with Gasteiger partial charge in [0, 0.05) is 15.4 Å². The third kappa shape index (κ3) is 4.67. The monoisotopic (exact) mass is 453 g/mol. The maximum absolute atomic E-state index is 12.5. The number of rotatable bonds is 6. The number of aromatic carboxylic acids is 1. The minimum absolute atomic E-state index is 0.0160. The van der Waals surface area contributed by atoms with Gasteiger partial charge in [-0.25, -0.2) is 4.79 Å². The van der Waals surface area contributed by atoms with Crippen LogP contribution < -0.4 is 5.32 Å². The number of carbonyl (C=O) groups is 2. The van der Waals surface area contributed by atoms with Crippen molar-refractivity contribution in [3.8, 4) is 10.4 Å². The minimum Gasteiger partial charge on any atom is -0.478 e. The molecule has 4 nitrogen and oxygen atoms in total. The van der Waals surface area contributed by atoms with E-state index in [9.17, 15) is 14.7 Å². The first-order chi connectivity index (χ1) is 13.4. The summed E-state index contributed by atoms with van der Waals surface area (Å²) < 4.78 is 0. The second kappa shape index (κ2) is 8.97.